The number of carbonyl (C=O) groups excluding carboxylic acids is 1. The van der Waals surface area contributed by atoms with Gasteiger partial charge in [0.2, 0.25) is 5.91 Å². The molecule has 2 aliphatic rings. The molecule has 43 heavy (non-hydrogen) atoms. The van der Waals surface area contributed by atoms with Crippen LogP contribution in [0.15, 0.2) is 42.9 Å². The van der Waals surface area contributed by atoms with Crippen molar-refractivity contribution in [1.82, 2.24) is 20.0 Å². The van der Waals surface area contributed by atoms with Crippen LogP contribution in [0.1, 0.15) is 18.9 Å². The summed E-state index contributed by atoms with van der Waals surface area (Å²) in [5, 5.41) is 50.7. The Balaban J connectivity index is 1.45. The summed E-state index contributed by atoms with van der Waals surface area (Å²) in [5.74, 6) is -5.04. The third kappa shape index (κ3) is 6.26. The van der Waals surface area contributed by atoms with Crippen molar-refractivity contribution in [1.29, 1.82) is 0 Å². The summed E-state index contributed by atoms with van der Waals surface area (Å²) in [4.78, 5) is 19.2. The number of hydrogen-bond donors (Lipinski definition) is 4. The van der Waals surface area contributed by atoms with Gasteiger partial charge < -0.3 is 34.8 Å². The number of aromatic nitrogens is 4. The highest BCUT2D eigenvalue weighted by molar-refractivity contribution is 8.01. The zero-order valence-electron chi connectivity index (χ0n) is 22.8. The minimum atomic E-state index is -1.65. The van der Waals surface area contributed by atoms with Crippen LogP contribution in [-0.4, -0.2) is 108 Å². The number of halogens is 3. The van der Waals surface area contributed by atoms with E-state index in [1.807, 2.05) is 0 Å². The van der Waals surface area contributed by atoms with E-state index in [-0.39, 0.29) is 37.3 Å². The Morgan fingerprint density at radius 3 is 2.53 bits per heavy atom. The molecule has 5 rings (SSSR count). The maximum atomic E-state index is 13.9. The van der Waals surface area contributed by atoms with E-state index in [9.17, 15) is 38.4 Å². The Labute approximate surface area is 248 Å². The number of nitrogens with zero attached hydrogens (tertiary/aromatic N) is 5. The number of benzene rings is 1. The summed E-state index contributed by atoms with van der Waals surface area (Å²) < 4.78 is 53.4. The highest BCUT2D eigenvalue weighted by Crippen LogP contribution is 2.42. The van der Waals surface area contributed by atoms with Gasteiger partial charge in [-0.3, -0.25) is 9.78 Å². The number of anilines is 1. The number of aliphatic hydroxyl groups excluding tert-OH is 3. The van der Waals surface area contributed by atoms with Crippen LogP contribution in [0.5, 0.6) is 0 Å². The second kappa shape index (κ2) is 12.9. The van der Waals surface area contributed by atoms with Gasteiger partial charge in [-0.1, -0.05) is 5.21 Å². The smallest absolute Gasteiger partial charge is 0.242 e. The van der Waals surface area contributed by atoms with Gasteiger partial charge in [0.25, 0.3) is 0 Å². The number of ether oxygens (including phenoxy) is 2. The first-order valence-electron chi connectivity index (χ1n) is 13.4. The van der Waals surface area contributed by atoms with Crippen molar-refractivity contribution in [2.45, 2.75) is 53.5 Å². The molecule has 232 valence electrons. The molecule has 2 aliphatic heterocycles. The van der Waals surface area contributed by atoms with E-state index in [2.05, 4.69) is 15.3 Å². The molecule has 0 saturated carbocycles. The molecule has 6 atom stereocenters. The predicted octanol–water partition coefficient (Wildman–Crippen LogP) is 1.04. The van der Waals surface area contributed by atoms with Gasteiger partial charge >= 0.3 is 0 Å². The topological polar surface area (TPSA) is 163 Å². The molecular weight excluding hydrogens is 595 g/mol. The molecule has 0 unspecified atom stereocenters. The van der Waals surface area contributed by atoms with E-state index in [0.717, 1.165) is 28.6 Å². The lowest BCUT2D eigenvalue weighted by Crippen LogP contribution is -2.58. The van der Waals surface area contributed by atoms with Gasteiger partial charge in [0, 0.05) is 44.9 Å². The van der Waals surface area contributed by atoms with E-state index in [1.165, 1.54) is 24.3 Å². The second-order valence-electron chi connectivity index (χ2n) is 10.4. The Morgan fingerprint density at radius 2 is 1.91 bits per heavy atom. The quantitative estimate of drug-likeness (QED) is 0.265. The molecule has 2 saturated heterocycles. The van der Waals surface area contributed by atoms with Crippen LogP contribution in [0.3, 0.4) is 0 Å². The summed E-state index contributed by atoms with van der Waals surface area (Å²) in [6, 6.07) is 3.46. The molecule has 12 nitrogen and oxygen atoms in total. The van der Waals surface area contributed by atoms with Gasteiger partial charge in [0.1, 0.15) is 40.7 Å². The monoisotopic (exact) mass is 625 g/mol. The molecule has 0 aliphatic carbocycles. The maximum absolute atomic E-state index is 13.9. The fourth-order valence-electron chi connectivity index (χ4n) is 5.14. The van der Waals surface area contributed by atoms with Crippen LogP contribution < -0.4 is 4.90 Å². The molecule has 1 aromatic carbocycles. The van der Waals surface area contributed by atoms with Gasteiger partial charge in [0.15, 0.2) is 17.5 Å². The van der Waals surface area contributed by atoms with Crippen LogP contribution in [0, 0.1) is 17.5 Å². The molecule has 0 radical (unpaired) electrons. The van der Waals surface area contributed by atoms with Crippen molar-refractivity contribution in [3.8, 4) is 11.3 Å². The minimum Gasteiger partial charge on any atom is -0.394 e. The first-order valence-corrected chi connectivity index (χ1v) is 14.3. The van der Waals surface area contributed by atoms with Crippen molar-refractivity contribution < 1.29 is 47.9 Å². The van der Waals surface area contributed by atoms with Crippen molar-refractivity contribution in [2.24, 2.45) is 0 Å². The zero-order chi connectivity index (χ0) is 30.9. The van der Waals surface area contributed by atoms with Crippen LogP contribution in [0.4, 0.5) is 18.9 Å². The van der Waals surface area contributed by atoms with E-state index in [0.29, 0.717) is 5.69 Å². The molecule has 3 aromatic rings. The number of aliphatic hydroxyl groups is 4. The third-order valence-electron chi connectivity index (χ3n) is 7.65. The normalized spacial score (nSPS) is 26.2. The summed E-state index contributed by atoms with van der Waals surface area (Å²) in [7, 11) is 1.52. The second-order valence-corrected chi connectivity index (χ2v) is 11.6. The predicted molar refractivity (Wildman–Crippen MR) is 146 cm³/mol. The van der Waals surface area contributed by atoms with Crippen LogP contribution >= 0.6 is 11.8 Å². The molecule has 16 heteroatoms. The molecule has 2 fully saturated rings. The molecule has 4 heterocycles. The van der Waals surface area contributed by atoms with E-state index >= 15 is 0 Å². The SMILES string of the molecule is CN(C(=O)[C@@H](S[C@@H]1O[C@H](CO)[C@H](O)[C@H](n2cc(-c3cc(F)c(F)c(F)c3)nn2)[C@H]1O)C1(O)CCOCC1)c1cccnc1. The number of thioether (sulfide) groups is 1. The first-order chi connectivity index (χ1) is 20.5. The Bertz CT molecular complexity index is 1410. The average molecular weight is 626 g/mol. The van der Waals surface area contributed by atoms with Gasteiger partial charge in [-0.15, -0.1) is 16.9 Å². The molecule has 0 spiro atoms. The summed E-state index contributed by atoms with van der Waals surface area (Å²) >= 11 is 0.825. The van der Waals surface area contributed by atoms with Crippen molar-refractivity contribution in [2.75, 3.05) is 31.8 Å². The van der Waals surface area contributed by atoms with Gasteiger partial charge in [-0.25, -0.2) is 17.9 Å². The molecule has 4 N–H and O–H groups in total. The molecular formula is C27H30F3N5O7S. The highest BCUT2D eigenvalue weighted by atomic mass is 32.2. The number of rotatable bonds is 8. The summed E-state index contributed by atoms with van der Waals surface area (Å²) in [5.41, 5.74) is -2.60. The summed E-state index contributed by atoms with van der Waals surface area (Å²) in [6.07, 6.45) is 0.0820. The molecule has 2 aromatic heterocycles. The highest BCUT2D eigenvalue weighted by Gasteiger charge is 2.51. The van der Waals surface area contributed by atoms with E-state index in [1.54, 1.807) is 18.3 Å². The number of pyridine rings is 1. The fourth-order valence-corrected chi connectivity index (χ4v) is 6.70. The maximum Gasteiger partial charge on any atom is 0.242 e. The number of amides is 1. The van der Waals surface area contributed by atoms with Crippen molar-refractivity contribution in [3.05, 3.63) is 60.3 Å². The fraction of sp³-hybridized carbons (Fsp3) is 0.481. The Hall–Kier alpha value is -3.12. The zero-order valence-corrected chi connectivity index (χ0v) is 23.6. The van der Waals surface area contributed by atoms with Gasteiger partial charge in [0.05, 0.1) is 30.3 Å². The Kier molecular flexibility index (Phi) is 9.36. The standard InChI is InChI=1S/C27H30F3N5O7S/c1-34(15-3-2-6-31-11-15)25(39)24(27(40)4-7-41-8-5-27)43-26-23(38)21(22(37)19(13-36)42-26)35-12-18(32-33-35)14-9-16(28)20(30)17(29)10-14/h2-3,6,9-12,19,21-24,26,36-38,40H,4-5,7-8,13H2,1H3/t19-,21+,22+,23-,24-,26+/m1/s1. The summed E-state index contributed by atoms with van der Waals surface area (Å²) in [6.45, 7) is -0.291. The van der Waals surface area contributed by atoms with E-state index < -0.39 is 70.6 Å². The van der Waals surface area contributed by atoms with Crippen molar-refractivity contribution >= 4 is 23.4 Å². The van der Waals surface area contributed by atoms with Gasteiger partial charge in [-0.05, 0) is 24.3 Å². The lowest BCUT2D eigenvalue weighted by atomic mass is 9.89. The lowest BCUT2D eigenvalue weighted by Gasteiger charge is -2.45. The Morgan fingerprint density at radius 1 is 1.21 bits per heavy atom. The van der Waals surface area contributed by atoms with Crippen LogP contribution in [0.2, 0.25) is 0 Å². The average Bonchev–Trinajstić information content (AvgIpc) is 3.49. The first kappa shape index (κ1) is 31.3. The van der Waals surface area contributed by atoms with Gasteiger partial charge in [-0.2, -0.15) is 0 Å². The lowest BCUT2D eigenvalue weighted by molar-refractivity contribution is -0.179. The largest absolute Gasteiger partial charge is 0.394 e. The molecule has 0 bridgehead atoms. The van der Waals surface area contributed by atoms with Crippen LogP contribution in [-0.2, 0) is 14.3 Å². The molecule has 1 amide bonds. The third-order valence-corrected chi connectivity index (χ3v) is 9.22. The number of hydrogen-bond acceptors (Lipinski definition) is 11. The van der Waals surface area contributed by atoms with E-state index in [4.69, 9.17) is 9.47 Å². The number of carbonyl (C=O) groups is 1. The van der Waals surface area contributed by atoms with Crippen molar-refractivity contribution in [3.63, 3.8) is 0 Å². The minimum absolute atomic E-state index is 0.0869. The van der Waals surface area contributed by atoms with Crippen LogP contribution in [0.25, 0.3) is 11.3 Å².